The fourth-order valence-electron chi connectivity index (χ4n) is 1.85. The van der Waals surface area contributed by atoms with Crippen molar-refractivity contribution in [2.24, 2.45) is 0 Å². The van der Waals surface area contributed by atoms with Crippen molar-refractivity contribution in [3.05, 3.63) is 29.8 Å². The summed E-state index contributed by atoms with van der Waals surface area (Å²) in [6, 6.07) is 9.18. The maximum absolute atomic E-state index is 5.18. The van der Waals surface area contributed by atoms with Gasteiger partial charge < -0.3 is 10.1 Å². The minimum atomic E-state index is 0.404. The lowest BCUT2D eigenvalue weighted by molar-refractivity contribution is 0.184. The van der Waals surface area contributed by atoms with Gasteiger partial charge in [-0.25, -0.2) is 0 Å². The number of unbranched alkanes of at least 4 members (excludes halogenated alkanes) is 1. The van der Waals surface area contributed by atoms with Crippen molar-refractivity contribution in [3.8, 4) is 0 Å². The van der Waals surface area contributed by atoms with Gasteiger partial charge in [-0.3, -0.25) is 0 Å². The lowest BCUT2D eigenvalue weighted by Crippen LogP contribution is -2.23. The van der Waals surface area contributed by atoms with Crippen LogP contribution in [0, 0.1) is 0 Å². The molecule has 0 saturated heterocycles. The molecule has 0 spiro atoms. The summed E-state index contributed by atoms with van der Waals surface area (Å²) in [5.41, 5.74) is 2.62. The van der Waals surface area contributed by atoms with E-state index in [0.717, 1.165) is 13.0 Å². The smallest absolute Gasteiger partial charge is 0.0663 e. The van der Waals surface area contributed by atoms with Crippen LogP contribution in [0.15, 0.2) is 24.3 Å². The van der Waals surface area contributed by atoms with Crippen LogP contribution in [0.4, 0.5) is 5.69 Å². The van der Waals surface area contributed by atoms with Crippen molar-refractivity contribution in [1.29, 1.82) is 0 Å². The number of anilines is 1. The van der Waals surface area contributed by atoms with Crippen molar-refractivity contribution >= 4 is 5.69 Å². The number of hydrogen-bond donors (Lipinski definition) is 1. The molecule has 0 heterocycles. The zero-order valence-corrected chi connectivity index (χ0v) is 11.3. The lowest BCUT2D eigenvalue weighted by Gasteiger charge is -2.17. The topological polar surface area (TPSA) is 21.3 Å². The van der Waals surface area contributed by atoms with Gasteiger partial charge in [-0.1, -0.05) is 32.4 Å². The van der Waals surface area contributed by atoms with Crippen LogP contribution in [-0.4, -0.2) is 19.8 Å². The van der Waals surface area contributed by atoms with E-state index in [1.807, 2.05) is 0 Å². The highest BCUT2D eigenvalue weighted by atomic mass is 16.5. The van der Waals surface area contributed by atoms with Gasteiger partial charge in [-0.05, 0) is 37.0 Å². The van der Waals surface area contributed by atoms with E-state index in [0.29, 0.717) is 6.04 Å². The predicted molar refractivity (Wildman–Crippen MR) is 74.6 cm³/mol. The fraction of sp³-hybridized carbons (Fsp3) is 0.600. The number of rotatable bonds is 8. The second-order valence-electron chi connectivity index (χ2n) is 4.51. The molecule has 1 N–H and O–H groups in total. The summed E-state index contributed by atoms with van der Waals surface area (Å²) >= 11 is 0. The number of nitrogens with one attached hydrogen (secondary N) is 1. The third-order valence-corrected chi connectivity index (χ3v) is 3.00. The standard InChI is InChI=1S/C15H25NO/c1-4-6-7-13-8-10-15(11-9-13)16-14(5-2)12-17-3/h8-11,14,16H,4-7,12H2,1-3H3. The Morgan fingerprint density at radius 2 is 1.88 bits per heavy atom. The minimum absolute atomic E-state index is 0.404. The SMILES string of the molecule is CCCCc1ccc(NC(CC)COC)cc1. The van der Waals surface area contributed by atoms with Gasteiger partial charge in [0.25, 0.3) is 0 Å². The molecule has 0 aromatic heterocycles. The van der Waals surface area contributed by atoms with Crippen molar-refractivity contribution in [1.82, 2.24) is 0 Å². The van der Waals surface area contributed by atoms with Crippen LogP contribution >= 0.6 is 0 Å². The highest BCUT2D eigenvalue weighted by Gasteiger charge is 2.04. The van der Waals surface area contributed by atoms with Crippen LogP contribution in [0.5, 0.6) is 0 Å². The molecule has 0 amide bonds. The number of benzene rings is 1. The summed E-state index contributed by atoms with van der Waals surface area (Å²) in [6.45, 7) is 5.16. The molecule has 2 heteroatoms. The third kappa shape index (κ3) is 5.22. The maximum atomic E-state index is 5.18. The highest BCUT2D eigenvalue weighted by Crippen LogP contribution is 2.13. The van der Waals surface area contributed by atoms with Crippen LogP contribution in [-0.2, 0) is 11.2 Å². The second kappa shape index (κ2) is 8.13. The normalized spacial score (nSPS) is 12.4. The fourth-order valence-corrected chi connectivity index (χ4v) is 1.85. The first-order valence-corrected chi connectivity index (χ1v) is 6.64. The summed E-state index contributed by atoms with van der Waals surface area (Å²) in [7, 11) is 1.75. The first-order chi connectivity index (χ1) is 8.30. The molecule has 0 radical (unpaired) electrons. The Morgan fingerprint density at radius 3 is 2.41 bits per heavy atom. The van der Waals surface area contributed by atoms with Gasteiger partial charge >= 0.3 is 0 Å². The Labute approximate surface area is 105 Å². The highest BCUT2D eigenvalue weighted by molar-refractivity contribution is 5.45. The van der Waals surface area contributed by atoms with Gasteiger partial charge in [-0.2, -0.15) is 0 Å². The van der Waals surface area contributed by atoms with E-state index >= 15 is 0 Å². The van der Waals surface area contributed by atoms with Crippen molar-refractivity contribution in [2.45, 2.75) is 45.6 Å². The van der Waals surface area contributed by atoms with Gasteiger partial charge in [-0.15, -0.1) is 0 Å². The molecule has 0 aliphatic rings. The number of ether oxygens (including phenoxy) is 1. The van der Waals surface area contributed by atoms with Crippen molar-refractivity contribution in [2.75, 3.05) is 19.0 Å². The maximum Gasteiger partial charge on any atom is 0.0663 e. The minimum Gasteiger partial charge on any atom is -0.383 e. The summed E-state index contributed by atoms with van der Waals surface area (Å²) < 4.78 is 5.18. The van der Waals surface area contributed by atoms with Crippen LogP contribution in [0.2, 0.25) is 0 Å². The van der Waals surface area contributed by atoms with Crippen LogP contribution in [0.25, 0.3) is 0 Å². The molecule has 17 heavy (non-hydrogen) atoms. The molecule has 1 aromatic carbocycles. The van der Waals surface area contributed by atoms with Crippen molar-refractivity contribution < 1.29 is 4.74 Å². The van der Waals surface area contributed by atoms with Gasteiger partial charge in [0, 0.05) is 18.8 Å². The molecular weight excluding hydrogens is 210 g/mol. The van der Waals surface area contributed by atoms with Crippen molar-refractivity contribution in [3.63, 3.8) is 0 Å². The van der Waals surface area contributed by atoms with Gasteiger partial charge in [0.05, 0.1) is 6.61 Å². The van der Waals surface area contributed by atoms with E-state index in [2.05, 4.69) is 43.4 Å². The molecule has 2 nitrogen and oxygen atoms in total. The van der Waals surface area contributed by atoms with E-state index in [1.54, 1.807) is 7.11 Å². The molecule has 0 aliphatic heterocycles. The van der Waals surface area contributed by atoms with E-state index in [4.69, 9.17) is 4.74 Å². The zero-order valence-electron chi connectivity index (χ0n) is 11.3. The van der Waals surface area contributed by atoms with E-state index in [9.17, 15) is 0 Å². The molecule has 0 saturated carbocycles. The molecule has 1 aromatic rings. The van der Waals surface area contributed by atoms with E-state index in [1.165, 1.54) is 30.5 Å². The average Bonchev–Trinajstić information content (AvgIpc) is 2.37. The Bertz CT molecular complexity index is 294. The van der Waals surface area contributed by atoms with Gasteiger partial charge in [0.1, 0.15) is 0 Å². The number of methoxy groups -OCH3 is 1. The van der Waals surface area contributed by atoms with Crippen LogP contribution in [0.3, 0.4) is 0 Å². The quantitative estimate of drug-likeness (QED) is 0.738. The first kappa shape index (κ1) is 14.0. The average molecular weight is 235 g/mol. The molecule has 1 unspecified atom stereocenters. The van der Waals surface area contributed by atoms with Crippen LogP contribution in [0.1, 0.15) is 38.7 Å². The zero-order chi connectivity index (χ0) is 12.5. The molecular formula is C15H25NO. The van der Waals surface area contributed by atoms with Gasteiger partial charge in [0.2, 0.25) is 0 Å². The predicted octanol–water partition coefficient (Wildman–Crippen LogP) is 3.87. The Morgan fingerprint density at radius 1 is 1.18 bits per heavy atom. The monoisotopic (exact) mass is 235 g/mol. The summed E-state index contributed by atoms with van der Waals surface area (Å²) in [5.74, 6) is 0. The molecule has 96 valence electrons. The number of aryl methyl sites for hydroxylation is 1. The Kier molecular flexibility index (Phi) is 6.71. The third-order valence-electron chi connectivity index (χ3n) is 3.00. The summed E-state index contributed by atoms with van der Waals surface area (Å²) in [5, 5.41) is 3.49. The molecule has 1 rings (SSSR count). The van der Waals surface area contributed by atoms with Crippen LogP contribution < -0.4 is 5.32 Å². The molecule has 1 atom stereocenters. The second-order valence-corrected chi connectivity index (χ2v) is 4.51. The first-order valence-electron chi connectivity index (χ1n) is 6.64. The summed E-state index contributed by atoms with van der Waals surface area (Å²) in [6.07, 6.45) is 4.79. The summed E-state index contributed by atoms with van der Waals surface area (Å²) in [4.78, 5) is 0. The van der Waals surface area contributed by atoms with E-state index in [-0.39, 0.29) is 0 Å². The Balaban J connectivity index is 2.49. The number of hydrogen-bond acceptors (Lipinski definition) is 2. The lowest BCUT2D eigenvalue weighted by atomic mass is 10.1. The van der Waals surface area contributed by atoms with E-state index < -0.39 is 0 Å². The molecule has 0 bridgehead atoms. The molecule has 0 aliphatic carbocycles. The largest absolute Gasteiger partial charge is 0.383 e. The van der Waals surface area contributed by atoms with Gasteiger partial charge in [0.15, 0.2) is 0 Å². The Hall–Kier alpha value is -1.02. The molecule has 0 fully saturated rings.